The van der Waals surface area contributed by atoms with Gasteiger partial charge in [0.05, 0.1) is 19.3 Å². The summed E-state index contributed by atoms with van der Waals surface area (Å²) in [7, 11) is 2.01. The monoisotopic (exact) mass is 330 g/mol. The lowest BCUT2D eigenvalue weighted by Crippen LogP contribution is -2.53. The van der Waals surface area contributed by atoms with Gasteiger partial charge in [-0.2, -0.15) is 0 Å². The van der Waals surface area contributed by atoms with E-state index in [0.717, 1.165) is 12.8 Å². The number of aliphatic hydroxyl groups is 2. The van der Waals surface area contributed by atoms with Crippen molar-refractivity contribution in [1.29, 1.82) is 0 Å². The number of allylic oxidation sites excluding steroid dienone is 1. The summed E-state index contributed by atoms with van der Waals surface area (Å²) in [5, 5.41) is 19.6. The van der Waals surface area contributed by atoms with Crippen molar-refractivity contribution in [2.75, 3.05) is 26.8 Å². The van der Waals surface area contributed by atoms with Gasteiger partial charge in [0.2, 0.25) is 0 Å². The van der Waals surface area contributed by atoms with Crippen LogP contribution in [0, 0.1) is 18.8 Å². The van der Waals surface area contributed by atoms with Gasteiger partial charge in [-0.1, -0.05) is 35.9 Å². The highest BCUT2D eigenvalue weighted by Crippen LogP contribution is 2.45. The number of aryl methyl sites for hydroxylation is 1. The molecule has 1 aliphatic heterocycles. The molecule has 0 radical (unpaired) electrons. The van der Waals surface area contributed by atoms with Crippen LogP contribution in [0.3, 0.4) is 0 Å². The molecule has 24 heavy (non-hydrogen) atoms. The van der Waals surface area contributed by atoms with E-state index in [1.165, 1.54) is 16.7 Å². The van der Waals surface area contributed by atoms with Gasteiger partial charge in [-0.15, -0.1) is 0 Å². The SMILES string of the molecule is Cc1ccccc1C1C=C2C(CC1CN)CC(CO)N(C)C2CO. The molecule has 4 nitrogen and oxygen atoms in total. The average Bonchev–Trinajstić information content (AvgIpc) is 2.60. The molecule has 4 heteroatoms. The highest BCUT2D eigenvalue weighted by molar-refractivity contribution is 5.37. The van der Waals surface area contributed by atoms with Crippen LogP contribution >= 0.6 is 0 Å². The Labute approximate surface area is 145 Å². The fraction of sp³-hybridized carbons (Fsp3) is 0.600. The maximum absolute atomic E-state index is 9.96. The lowest BCUT2D eigenvalue weighted by molar-refractivity contribution is 0.0410. The first kappa shape index (κ1) is 17.6. The normalized spacial score (nSPS) is 33.9. The van der Waals surface area contributed by atoms with E-state index in [1.807, 2.05) is 7.05 Å². The number of piperidine rings is 1. The quantitative estimate of drug-likeness (QED) is 0.734. The highest BCUT2D eigenvalue weighted by Gasteiger charge is 2.41. The van der Waals surface area contributed by atoms with Gasteiger partial charge in [0.15, 0.2) is 0 Å². The molecule has 0 saturated carbocycles. The Morgan fingerprint density at radius 3 is 2.54 bits per heavy atom. The molecule has 1 aliphatic carbocycles. The largest absolute Gasteiger partial charge is 0.395 e. The zero-order valence-corrected chi connectivity index (χ0v) is 14.7. The van der Waals surface area contributed by atoms with Crippen LogP contribution in [-0.2, 0) is 0 Å². The second kappa shape index (κ2) is 7.36. The fourth-order valence-corrected chi connectivity index (χ4v) is 4.71. The van der Waals surface area contributed by atoms with E-state index in [4.69, 9.17) is 5.73 Å². The number of likely N-dealkylation sites (N-methyl/N-ethyl adjacent to an activating group) is 1. The maximum atomic E-state index is 9.96. The Morgan fingerprint density at radius 2 is 1.92 bits per heavy atom. The van der Waals surface area contributed by atoms with E-state index >= 15 is 0 Å². The van der Waals surface area contributed by atoms with Gasteiger partial charge < -0.3 is 15.9 Å². The molecule has 0 bridgehead atoms. The third-order valence-electron chi connectivity index (χ3n) is 6.18. The molecule has 0 aromatic heterocycles. The van der Waals surface area contributed by atoms with E-state index in [1.54, 1.807) is 0 Å². The number of rotatable bonds is 4. The summed E-state index contributed by atoms with van der Waals surface area (Å²) in [4.78, 5) is 2.14. The van der Waals surface area contributed by atoms with Crippen molar-refractivity contribution in [3.8, 4) is 0 Å². The summed E-state index contributed by atoms with van der Waals surface area (Å²) in [5.41, 5.74) is 10.1. The summed E-state index contributed by atoms with van der Waals surface area (Å²) in [6.07, 6.45) is 4.37. The van der Waals surface area contributed by atoms with Crippen LogP contribution < -0.4 is 5.73 Å². The van der Waals surface area contributed by atoms with Crippen LogP contribution in [-0.4, -0.2) is 54.0 Å². The van der Waals surface area contributed by atoms with Gasteiger partial charge in [-0.3, -0.25) is 4.90 Å². The first-order chi connectivity index (χ1) is 11.6. The predicted octanol–water partition coefficient (Wildman–Crippen LogP) is 1.66. The van der Waals surface area contributed by atoms with Crippen molar-refractivity contribution in [3.05, 3.63) is 47.0 Å². The zero-order valence-electron chi connectivity index (χ0n) is 14.7. The minimum Gasteiger partial charge on any atom is -0.395 e. The zero-order chi connectivity index (χ0) is 17.3. The van der Waals surface area contributed by atoms with Crippen LogP contribution in [0.2, 0.25) is 0 Å². The standard InChI is InChI=1S/C20H30N2O2/c1-13-5-3-4-6-17(13)18-9-19-14(7-15(18)10-21)8-16(11-23)22(2)20(19)12-24/h3-6,9,14-16,18,20,23-24H,7-8,10-12,21H2,1-2H3. The van der Waals surface area contributed by atoms with Gasteiger partial charge in [-0.05, 0) is 56.3 Å². The van der Waals surface area contributed by atoms with Crippen LogP contribution in [0.4, 0.5) is 0 Å². The van der Waals surface area contributed by atoms with Crippen molar-refractivity contribution in [2.24, 2.45) is 17.6 Å². The van der Waals surface area contributed by atoms with Gasteiger partial charge in [-0.25, -0.2) is 0 Å². The summed E-state index contributed by atoms with van der Waals surface area (Å²) >= 11 is 0. The fourth-order valence-electron chi connectivity index (χ4n) is 4.71. The second-order valence-corrected chi connectivity index (χ2v) is 7.41. The molecule has 5 atom stereocenters. The summed E-state index contributed by atoms with van der Waals surface area (Å²) < 4.78 is 0. The van der Waals surface area contributed by atoms with E-state index in [9.17, 15) is 10.2 Å². The summed E-state index contributed by atoms with van der Waals surface area (Å²) in [6.45, 7) is 3.07. The van der Waals surface area contributed by atoms with Gasteiger partial charge in [0.1, 0.15) is 0 Å². The molecule has 5 unspecified atom stereocenters. The minimum atomic E-state index is 0.00569. The topological polar surface area (TPSA) is 69.7 Å². The Morgan fingerprint density at radius 1 is 1.17 bits per heavy atom. The number of hydrogen-bond donors (Lipinski definition) is 3. The van der Waals surface area contributed by atoms with Crippen molar-refractivity contribution in [1.82, 2.24) is 4.90 Å². The maximum Gasteiger partial charge on any atom is 0.0625 e. The van der Waals surface area contributed by atoms with E-state index < -0.39 is 0 Å². The Balaban J connectivity index is 2.00. The summed E-state index contributed by atoms with van der Waals surface area (Å²) in [5.74, 6) is 1.15. The highest BCUT2D eigenvalue weighted by atomic mass is 16.3. The smallest absolute Gasteiger partial charge is 0.0625 e. The van der Waals surface area contributed by atoms with Crippen molar-refractivity contribution in [3.63, 3.8) is 0 Å². The lowest BCUT2D eigenvalue weighted by Gasteiger charge is -2.48. The van der Waals surface area contributed by atoms with E-state index in [0.29, 0.717) is 24.3 Å². The molecule has 132 valence electrons. The Hall–Kier alpha value is -1.20. The molecule has 0 spiro atoms. The molecule has 0 amide bonds. The second-order valence-electron chi connectivity index (χ2n) is 7.41. The van der Waals surface area contributed by atoms with Crippen molar-refractivity contribution in [2.45, 2.75) is 37.8 Å². The van der Waals surface area contributed by atoms with Gasteiger partial charge >= 0.3 is 0 Å². The molecule has 3 rings (SSSR count). The third-order valence-corrected chi connectivity index (χ3v) is 6.18. The van der Waals surface area contributed by atoms with Crippen LogP contribution in [0.25, 0.3) is 0 Å². The lowest BCUT2D eigenvalue weighted by atomic mass is 9.66. The molecule has 1 fully saturated rings. The predicted molar refractivity (Wildman–Crippen MR) is 96.8 cm³/mol. The molecule has 1 aromatic rings. The van der Waals surface area contributed by atoms with Gasteiger partial charge in [0, 0.05) is 12.0 Å². The molecule has 1 saturated heterocycles. The number of hydrogen-bond acceptors (Lipinski definition) is 4. The van der Waals surface area contributed by atoms with Crippen LogP contribution in [0.15, 0.2) is 35.9 Å². The molecular formula is C20H30N2O2. The Kier molecular flexibility index (Phi) is 5.40. The van der Waals surface area contributed by atoms with Crippen molar-refractivity contribution < 1.29 is 10.2 Å². The molecule has 2 aliphatic rings. The first-order valence-corrected chi connectivity index (χ1v) is 9.01. The van der Waals surface area contributed by atoms with Crippen LogP contribution in [0.1, 0.15) is 29.9 Å². The minimum absolute atomic E-state index is 0.00569. The molecular weight excluding hydrogens is 300 g/mol. The molecule has 1 heterocycles. The molecule has 4 N–H and O–H groups in total. The van der Waals surface area contributed by atoms with Crippen LogP contribution in [0.5, 0.6) is 0 Å². The number of nitrogens with zero attached hydrogens (tertiary/aromatic N) is 1. The number of aliphatic hydroxyl groups excluding tert-OH is 2. The number of benzene rings is 1. The number of likely N-dealkylation sites (tertiary alicyclic amines) is 1. The average molecular weight is 330 g/mol. The van der Waals surface area contributed by atoms with Crippen molar-refractivity contribution >= 4 is 0 Å². The van der Waals surface area contributed by atoms with Gasteiger partial charge in [0.25, 0.3) is 0 Å². The number of nitrogens with two attached hydrogens (primary N) is 1. The molecule has 1 aromatic carbocycles. The van der Waals surface area contributed by atoms with E-state index in [-0.39, 0.29) is 25.3 Å². The first-order valence-electron chi connectivity index (χ1n) is 9.01. The Bertz CT molecular complexity index is 601. The van der Waals surface area contributed by atoms with E-state index in [2.05, 4.69) is 42.2 Å². The number of fused-ring (bicyclic) bond motifs is 1. The summed E-state index contributed by atoms with van der Waals surface area (Å²) in [6, 6.07) is 8.66. The third kappa shape index (κ3) is 3.04.